The Morgan fingerprint density at radius 1 is 1.05 bits per heavy atom. The van der Waals surface area contributed by atoms with Crippen LogP contribution in [0.2, 0.25) is 0 Å². The maximum atomic E-state index is 13.7. The Morgan fingerprint density at radius 2 is 1.79 bits per heavy atom. The third-order valence-corrected chi connectivity index (χ3v) is 2.54. The first-order valence-electron chi connectivity index (χ1n) is 5.37. The number of ether oxygens (including phenoxy) is 1. The Balaban J connectivity index is 2.41. The number of anilines is 3. The number of rotatable bonds is 3. The molecule has 2 aromatic rings. The average molecular weight is 268 g/mol. The van der Waals surface area contributed by atoms with Crippen molar-refractivity contribution < 1.29 is 17.9 Å². The highest BCUT2D eigenvalue weighted by Gasteiger charge is 2.12. The first-order chi connectivity index (χ1) is 9.02. The van der Waals surface area contributed by atoms with Gasteiger partial charge in [0.05, 0.1) is 24.2 Å². The lowest BCUT2D eigenvalue weighted by atomic mass is 10.2. The van der Waals surface area contributed by atoms with Crippen LogP contribution in [0.5, 0.6) is 5.75 Å². The lowest BCUT2D eigenvalue weighted by Gasteiger charge is -2.12. The van der Waals surface area contributed by atoms with Crippen LogP contribution in [0.1, 0.15) is 0 Å². The maximum Gasteiger partial charge on any atom is 0.182 e. The summed E-state index contributed by atoms with van der Waals surface area (Å²) in [5.74, 6) is -2.56. The summed E-state index contributed by atoms with van der Waals surface area (Å²) in [5.41, 5.74) is 5.40. The third kappa shape index (κ3) is 2.57. The van der Waals surface area contributed by atoms with E-state index in [0.29, 0.717) is 0 Å². The Labute approximate surface area is 107 Å². The fourth-order valence-corrected chi connectivity index (χ4v) is 1.59. The van der Waals surface area contributed by atoms with Gasteiger partial charge in [-0.3, -0.25) is 0 Å². The number of nitrogens with one attached hydrogen (secondary N) is 1. The lowest BCUT2D eigenvalue weighted by Crippen LogP contribution is -2.01. The summed E-state index contributed by atoms with van der Waals surface area (Å²) in [6, 6.07) is 5.89. The molecule has 0 fully saturated rings. The molecule has 0 spiro atoms. The van der Waals surface area contributed by atoms with Crippen LogP contribution in [0, 0.1) is 17.5 Å². The minimum absolute atomic E-state index is 0.0597. The van der Waals surface area contributed by atoms with Gasteiger partial charge in [0.15, 0.2) is 11.6 Å². The van der Waals surface area contributed by atoms with Gasteiger partial charge in [-0.05, 0) is 12.1 Å². The van der Waals surface area contributed by atoms with Crippen molar-refractivity contribution in [2.75, 3.05) is 18.2 Å². The molecule has 0 atom stereocenters. The third-order valence-electron chi connectivity index (χ3n) is 2.54. The molecular weight excluding hydrogens is 257 g/mol. The second-order valence-electron chi connectivity index (χ2n) is 3.80. The molecule has 0 saturated heterocycles. The molecule has 0 bridgehead atoms. The largest absolute Gasteiger partial charge is 0.495 e. The van der Waals surface area contributed by atoms with E-state index in [1.807, 2.05) is 0 Å². The molecule has 0 heterocycles. The van der Waals surface area contributed by atoms with Crippen LogP contribution in [0.4, 0.5) is 30.2 Å². The van der Waals surface area contributed by atoms with E-state index in [2.05, 4.69) is 5.32 Å². The van der Waals surface area contributed by atoms with Gasteiger partial charge in [-0.2, -0.15) is 0 Å². The summed E-state index contributed by atoms with van der Waals surface area (Å²) in [4.78, 5) is 0. The minimum atomic E-state index is -1.09. The highest BCUT2D eigenvalue weighted by Crippen LogP contribution is 2.31. The monoisotopic (exact) mass is 268 g/mol. The van der Waals surface area contributed by atoms with Crippen LogP contribution in [0.25, 0.3) is 0 Å². The number of nitrogen functional groups attached to an aromatic ring is 1. The van der Waals surface area contributed by atoms with Crippen molar-refractivity contribution in [1.82, 2.24) is 0 Å². The Kier molecular flexibility index (Phi) is 3.50. The zero-order chi connectivity index (χ0) is 14.0. The van der Waals surface area contributed by atoms with E-state index < -0.39 is 17.5 Å². The van der Waals surface area contributed by atoms with Gasteiger partial charge >= 0.3 is 0 Å². The molecule has 19 heavy (non-hydrogen) atoms. The molecule has 0 saturated carbocycles. The molecule has 0 unspecified atom stereocenters. The molecule has 2 aromatic carbocycles. The van der Waals surface area contributed by atoms with Gasteiger partial charge in [0.2, 0.25) is 0 Å². The summed E-state index contributed by atoms with van der Waals surface area (Å²) in [7, 11) is 1.37. The van der Waals surface area contributed by atoms with Crippen molar-refractivity contribution in [2.45, 2.75) is 0 Å². The predicted molar refractivity (Wildman–Crippen MR) is 67.0 cm³/mol. The van der Waals surface area contributed by atoms with E-state index in [4.69, 9.17) is 10.5 Å². The van der Waals surface area contributed by atoms with E-state index in [0.717, 1.165) is 12.1 Å². The highest BCUT2D eigenvalue weighted by atomic mass is 19.2. The molecule has 0 aromatic heterocycles. The topological polar surface area (TPSA) is 47.3 Å². The quantitative estimate of drug-likeness (QED) is 0.838. The summed E-state index contributed by atoms with van der Waals surface area (Å²) in [6.07, 6.45) is 0. The molecule has 0 aliphatic carbocycles. The number of nitrogens with two attached hydrogens (primary N) is 1. The minimum Gasteiger partial charge on any atom is -0.495 e. The number of halogens is 3. The Morgan fingerprint density at radius 3 is 2.47 bits per heavy atom. The molecular formula is C13H11F3N2O. The number of benzene rings is 2. The van der Waals surface area contributed by atoms with Crippen molar-refractivity contribution in [3.63, 3.8) is 0 Å². The van der Waals surface area contributed by atoms with E-state index >= 15 is 0 Å². The first kappa shape index (κ1) is 13.1. The first-order valence-corrected chi connectivity index (χ1v) is 5.37. The molecule has 6 heteroatoms. The fourth-order valence-electron chi connectivity index (χ4n) is 1.59. The molecule has 0 aliphatic rings. The van der Waals surface area contributed by atoms with E-state index in [9.17, 15) is 13.2 Å². The van der Waals surface area contributed by atoms with Gasteiger partial charge in [0, 0.05) is 12.1 Å². The molecule has 3 nitrogen and oxygen atoms in total. The van der Waals surface area contributed by atoms with Crippen molar-refractivity contribution in [3.8, 4) is 5.75 Å². The Bertz CT molecular complexity index is 617. The van der Waals surface area contributed by atoms with Crippen molar-refractivity contribution in [2.24, 2.45) is 0 Å². The predicted octanol–water partition coefficient (Wildman–Crippen LogP) is 3.44. The van der Waals surface area contributed by atoms with Gasteiger partial charge < -0.3 is 15.8 Å². The number of methoxy groups -OCH3 is 1. The average Bonchev–Trinajstić information content (AvgIpc) is 2.38. The Hall–Kier alpha value is -2.37. The second-order valence-corrected chi connectivity index (χ2v) is 3.80. The highest BCUT2D eigenvalue weighted by molar-refractivity contribution is 5.67. The van der Waals surface area contributed by atoms with E-state index in [-0.39, 0.29) is 22.8 Å². The van der Waals surface area contributed by atoms with E-state index in [1.165, 1.54) is 25.3 Å². The second kappa shape index (κ2) is 5.09. The van der Waals surface area contributed by atoms with Crippen LogP contribution in [-0.4, -0.2) is 7.11 Å². The number of hydrogen-bond acceptors (Lipinski definition) is 3. The van der Waals surface area contributed by atoms with Crippen molar-refractivity contribution >= 4 is 17.1 Å². The van der Waals surface area contributed by atoms with Crippen LogP contribution in [0.3, 0.4) is 0 Å². The zero-order valence-electron chi connectivity index (χ0n) is 10.0. The summed E-state index contributed by atoms with van der Waals surface area (Å²) in [5, 5.41) is 2.46. The summed E-state index contributed by atoms with van der Waals surface area (Å²) in [6.45, 7) is 0. The smallest absolute Gasteiger partial charge is 0.182 e. The standard InChI is InChI=1S/C13H11F3N2O/c1-19-12-6-11(8(15)5-9(12)17)18-10-4-2-3-7(14)13(10)16/h2-6,18H,17H2,1H3. The normalized spacial score (nSPS) is 10.3. The number of hydrogen-bond donors (Lipinski definition) is 2. The van der Waals surface area contributed by atoms with Gasteiger partial charge in [0.1, 0.15) is 11.6 Å². The van der Waals surface area contributed by atoms with Crippen LogP contribution < -0.4 is 15.8 Å². The molecule has 2 rings (SSSR count). The molecule has 0 amide bonds. The van der Waals surface area contributed by atoms with E-state index in [1.54, 1.807) is 0 Å². The summed E-state index contributed by atoms with van der Waals surface area (Å²) < 4.78 is 45.1. The van der Waals surface area contributed by atoms with Crippen LogP contribution >= 0.6 is 0 Å². The van der Waals surface area contributed by atoms with Gasteiger partial charge in [-0.1, -0.05) is 6.07 Å². The fraction of sp³-hybridized carbons (Fsp3) is 0.0769. The van der Waals surface area contributed by atoms with Gasteiger partial charge in [-0.15, -0.1) is 0 Å². The lowest BCUT2D eigenvalue weighted by molar-refractivity contribution is 0.416. The molecule has 3 N–H and O–H groups in total. The van der Waals surface area contributed by atoms with Crippen molar-refractivity contribution in [3.05, 3.63) is 47.8 Å². The van der Waals surface area contributed by atoms with Crippen molar-refractivity contribution in [1.29, 1.82) is 0 Å². The van der Waals surface area contributed by atoms with Gasteiger partial charge in [-0.25, -0.2) is 13.2 Å². The van der Waals surface area contributed by atoms with Gasteiger partial charge in [0.25, 0.3) is 0 Å². The molecule has 100 valence electrons. The van der Waals surface area contributed by atoms with Crippen LogP contribution in [0.15, 0.2) is 30.3 Å². The zero-order valence-corrected chi connectivity index (χ0v) is 10.0. The molecule has 0 aliphatic heterocycles. The van der Waals surface area contributed by atoms with Crippen LogP contribution in [-0.2, 0) is 0 Å². The maximum absolute atomic E-state index is 13.7. The SMILES string of the molecule is COc1cc(Nc2cccc(F)c2F)c(F)cc1N. The molecule has 0 radical (unpaired) electrons. The summed E-state index contributed by atoms with van der Waals surface area (Å²) >= 11 is 0.